The van der Waals surface area contributed by atoms with Crippen LogP contribution in [0, 0.1) is 11.3 Å². The minimum Gasteiger partial charge on any atom is -0.488 e. The number of nitrogens with zero attached hydrogens (tertiary/aromatic N) is 1. The fourth-order valence-electron chi connectivity index (χ4n) is 2.57. The van der Waals surface area contributed by atoms with Crippen LogP contribution >= 0.6 is 23.2 Å². The van der Waals surface area contributed by atoms with Crippen LogP contribution in [0.2, 0.25) is 10.0 Å². The number of nitrogens with one attached hydrogen (secondary N) is 1. The van der Waals surface area contributed by atoms with Crippen molar-refractivity contribution in [1.29, 1.82) is 5.26 Å². The molecule has 0 unspecified atom stereocenters. The molecule has 3 aromatic rings. The van der Waals surface area contributed by atoms with Crippen LogP contribution in [0.1, 0.15) is 11.1 Å². The Morgan fingerprint density at radius 2 is 1.79 bits per heavy atom. The average molecular weight is 423 g/mol. The Hall–Kier alpha value is -3.26. The molecule has 0 atom stereocenters. The predicted molar refractivity (Wildman–Crippen MR) is 116 cm³/mol. The number of hydrogen-bond acceptors (Lipinski definition) is 3. The molecule has 144 valence electrons. The number of para-hydroxylation sites is 1. The van der Waals surface area contributed by atoms with Crippen molar-refractivity contribution < 1.29 is 9.53 Å². The molecule has 0 spiro atoms. The van der Waals surface area contributed by atoms with Crippen LogP contribution in [0.15, 0.2) is 78.4 Å². The molecule has 3 aromatic carbocycles. The molecule has 1 amide bonds. The molecule has 0 aliphatic rings. The van der Waals surface area contributed by atoms with Crippen LogP contribution in [-0.4, -0.2) is 5.91 Å². The SMILES string of the molecule is N#C/C(=C\c1ccccc1OCc1ccccc1Cl)C(=O)Nc1cccc(Cl)c1. The van der Waals surface area contributed by atoms with Gasteiger partial charge in [0.25, 0.3) is 5.91 Å². The van der Waals surface area contributed by atoms with E-state index in [9.17, 15) is 10.1 Å². The minimum absolute atomic E-state index is 0.0567. The lowest BCUT2D eigenvalue weighted by molar-refractivity contribution is -0.112. The monoisotopic (exact) mass is 422 g/mol. The highest BCUT2D eigenvalue weighted by Gasteiger charge is 2.12. The van der Waals surface area contributed by atoms with Crippen LogP contribution in [0.25, 0.3) is 6.08 Å². The van der Waals surface area contributed by atoms with E-state index in [4.69, 9.17) is 27.9 Å². The molecule has 0 aliphatic carbocycles. The fraction of sp³-hybridized carbons (Fsp3) is 0.0435. The first-order valence-electron chi connectivity index (χ1n) is 8.71. The number of amides is 1. The highest BCUT2D eigenvalue weighted by Crippen LogP contribution is 2.24. The van der Waals surface area contributed by atoms with Crippen LogP contribution in [0.3, 0.4) is 0 Å². The van der Waals surface area contributed by atoms with Gasteiger partial charge in [-0.05, 0) is 36.4 Å². The summed E-state index contributed by atoms with van der Waals surface area (Å²) in [6.07, 6.45) is 1.49. The summed E-state index contributed by atoms with van der Waals surface area (Å²) in [5, 5.41) is 13.2. The lowest BCUT2D eigenvalue weighted by Gasteiger charge is -2.11. The third-order valence-electron chi connectivity index (χ3n) is 4.01. The number of nitriles is 1. The molecule has 6 heteroatoms. The van der Waals surface area contributed by atoms with E-state index in [1.807, 2.05) is 30.3 Å². The van der Waals surface area contributed by atoms with E-state index in [1.54, 1.807) is 48.5 Å². The molecule has 0 aromatic heterocycles. The maximum absolute atomic E-state index is 12.5. The van der Waals surface area contributed by atoms with E-state index in [0.717, 1.165) is 5.56 Å². The number of carbonyl (C=O) groups is 1. The van der Waals surface area contributed by atoms with Gasteiger partial charge in [-0.2, -0.15) is 5.26 Å². The van der Waals surface area contributed by atoms with Crippen molar-refractivity contribution >= 4 is 40.9 Å². The van der Waals surface area contributed by atoms with Gasteiger partial charge in [0.2, 0.25) is 0 Å². The summed E-state index contributed by atoms with van der Waals surface area (Å²) in [4.78, 5) is 12.5. The molecule has 29 heavy (non-hydrogen) atoms. The molecule has 0 saturated carbocycles. The van der Waals surface area contributed by atoms with Crippen molar-refractivity contribution in [2.24, 2.45) is 0 Å². The second kappa shape index (κ2) is 9.79. The first-order valence-corrected chi connectivity index (χ1v) is 9.46. The summed E-state index contributed by atoms with van der Waals surface area (Å²) < 4.78 is 5.88. The maximum atomic E-state index is 12.5. The van der Waals surface area contributed by atoms with Crippen molar-refractivity contribution in [3.63, 3.8) is 0 Å². The van der Waals surface area contributed by atoms with Crippen molar-refractivity contribution in [3.8, 4) is 11.8 Å². The summed E-state index contributed by atoms with van der Waals surface area (Å²) in [6.45, 7) is 0.265. The van der Waals surface area contributed by atoms with E-state index in [-0.39, 0.29) is 12.2 Å². The highest BCUT2D eigenvalue weighted by molar-refractivity contribution is 6.31. The Morgan fingerprint density at radius 1 is 1.03 bits per heavy atom. The van der Waals surface area contributed by atoms with E-state index in [2.05, 4.69) is 5.32 Å². The quantitative estimate of drug-likeness (QED) is 0.384. The smallest absolute Gasteiger partial charge is 0.266 e. The van der Waals surface area contributed by atoms with E-state index in [0.29, 0.717) is 27.0 Å². The predicted octanol–water partition coefficient (Wildman–Crippen LogP) is 6.12. The van der Waals surface area contributed by atoms with E-state index < -0.39 is 5.91 Å². The third kappa shape index (κ3) is 5.61. The molecular formula is C23H16Cl2N2O2. The van der Waals surface area contributed by atoms with E-state index >= 15 is 0 Å². The molecule has 0 bridgehead atoms. The van der Waals surface area contributed by atoms with Crippen LogP contribution in [0.5, 0.6) is 5.75 Å². The second-order valence-corrected chi connectivity index (χ2v) is 6.90. The highest BCUT2D eigenvalue weighted by atomic mass is 35.5. The molecule has 0 fully saturated rings. The maximum Gasteiger partial charge on any atom is 0.266 e. The molecule has 3 rings (SSSR count). The van der Waals surface area contributed by atoms with Gasteiger partial charge in [0.15, 0.2) is 0 Å². The third-order valence-corrected chi connectivity index (χ3v) is 4.61. The summed E-state index contributed by atoms with van der Waals surface area (Å²) >= 11 is 12.1. The molecule has 0 saturated heterocycles. The zero-order valence-corrected chi connectivity index (χ0v) is 16.7. The zero-order chi connectivity index (χ0) is 20.6. The number of ether oxygens (including phenoxy) is 1. The van der Waals surface area contributed by atoms with Gasteiger partial charge >= 0.3 is 0 Å². The van der Waals surface area contributed by atoms with Crippen LogP contribution < -0.4 is 10.1 Å². The Kier molecular flexibility index (Phi) is 6.91. The first kappa shape index (κ1) is 20.5. The van der Waals surface area contributed by atoms with Gasteiger partial charge < -0.3 is 10.1 Å². The average Bonchev–Trinajstić information content (AvgIpc) is 2.72. The van der Waals surface area contributed by atoms with Gasteiger partial charge in [-0.25, -0.2) is 0 Å². The Bertz CT molecular complexity index is 1100. The standard InChI is InChI=1S/C23H16Cl2N2O2/c24-19-8-5-9-20(13-19)27-23(28)18(14-26)12-16-6-2-4-11-22(16)29-15-17-7-1-3-10-21(17)25/h1-13H,15H2,(H,27,28)/b18-12+. The van der Waals surface area contributed by atoms with Crippen molar-refractivity contribution in [3.05, 3.63) is 99.5 Å². The normalized spacial score (nSPS) is 10.9. The van der Waals surface area contributed by atoms with E-state index in [1.165, 1.54) is 6.08 Å². The molecule has 1 N–H and O–H groups in total. The number of hydrogen-bond donors (Lipinski definition) is 1. The molecule has 0 heterocycles. The van der Waals surface area contributed by atoms with Gasteiger partial charge in [0.1, 0.15) is 24.0 Å². The Labute approximate surface area is 179 Å². The van der Waals surface area contributed by atoms with Gasteiger partial charge in [0.05, 0.1) is 0 Å². The van der Waals surface area contributed by atoms with Crippen molar-refractivity contribution in [2.75, 3.05) is 5.32 Å². The van der Waals surface area contributed by atoms with Gasteiger partial charge in [-0.15, -0.1) is 0 Å². The molecule has 0 aliphatic heterocycles. The zero-order valence-electron chi connectivity index (χ0n) is 15.2. The minimum atomic E-state index is -0.532. The summed E-state index contributed by atoms with van der Waals surface area (Å²) in [7, 11) is 0. The van der Waals surface area contributed by atoms with Crippen molar-refractivity contribution in [2.45, 2.75) is 6.61 Å². The van der Waals surface area contributed by atoms with Crippen LogP contribution in [0.4, 0.5) is 5.69 Å². The summed E-state index contributed by atoms with van der Waals surface area (Å²) in [6, 6.07) is 23.2. The lowest BCUT2D eigenvalue weighted by Crippen LogP contribution is -2.13. The molecule has 4 nitrogen and oxygen atoms in total. The van der Waals surface area contributed by atoms with Crippen LogP contribution in [-0.2, 0) is 11.4 Å². The molecular weight excluding hydrogens is 407 g/mol. The topological polar surface area (TPSA) is 62.1 Å². The number of anilines is 1. The lowest BCUT2D eigenvalue weighted by atomic mass is 10.1. The summed E-state index contributed by atoms with van der Waals surface area (Å²) in [5.74, 6) is 0.00592. The Morgan fingerprint density at radius 3 is 2.55 bits per heavy atom. The van der Waals surface area contributed by atoms with Gasteiger partial charge in [-0.3, -0.25) is 4.79 Å². The Balaban J connectivity index is 1.80. The van der Waals surface area contributed by atoms with Gasteiger partial charge in [-0.1, -0.05) is 65.7 Å². The molecule has 0 radical (unpaired) electrons. The second-order valence-electron chi connectivity index (χ2n) is 6.05. The van der Waals surface area contributed by atoms with Crippen molar-refractivity contribution in [1.82, 2.24) is 0 Å². The first-order chi connectivity index (χ1) is 14.1. The fourth-order valence-corrected chi connectivity index (χ4v) is 2.95. The van der Waals surface area contributed by atoms with Gasteiger partial charge in [0, 0.05) is 26.9 Å². The number of halogens is 2. The largest absolute Gasteiger partial charge is 0.488 e. The number of carbonyl (C=O) groups excluding carboxylic acids is 1. The number of benzene rings is 3. The number of rotatable bonds is 6. The summed E-state index contributed by atoms with van der Waals surface area (Å²) in [5.41, 5.74) is 1.90.